The maximum atomic E-state index is 10.4. The van der Waals surface area contributed by atoms with E-state index in [-0.39, 0.29) is 12.2 Å². The van der Waals surface area contributed by atoms with E-state index in [0.717, 1.165) is 30.6 Å². The summed E-state index contributed by atoms with van der Waals surface area (Å²) in [7, 11) is 0. The van der Waals surface area contributed by atoms with Gasteiger partial charge in [-0.15, -0.1) is 0 Å². The minimum atomic E-state index is -0.163. The lowest BCUT2D eigenvalue weighted by Gasteiger charge is -2.62. The van der Waals surface area contributed by atoms with Crippen LogP contribution in [-0.2, 0) is 0 Å². The van der Waals surface area contributed by atoms with Gasteiger partial charge in [0.2, 0.25) is 0 Å². The second-order valence-corrected chi connectivity index (χ2v) is 9.98. The largest absolute Gasteiger partial charge is 0.393 e. The minimum absolute atomic E-state index is 0.107. The van der Waals surface area contributed by atoms with Crippen molar-refractivity contribution in [3.63, 3.8) is 0 Å². The lowest BCUT2D eigenvalue weighted by atomic mass is 9.43. The molecule has 4 aliphatic rings. The van der Waals surface area contributed by atoms with E-state index in [0.29, 0.717) is 16.7 Å². The molecule has 3 saturated carbocycles. The Labute approximate surface area is 147 Å². The summed E-state index contributed by atoms with van der Waals surface area (Å²) in [5.74, 6) is 2.87. The smallest absolute Gasteiger partial charge is 0.0577 e. The Hall–Kier alpha value is -0.340. The highest BCUT2D eigenvalue weighted by molar-refractivity contribution is 5.25. The first-order valence-corrected chi connectivity index (χ1v) is 10.4. The highest BCUT2D eigenvalue weighted by atomic mass is 16.3. The average molecular weight is 333 g/mol. The molecule has 0 aromatic carbocycles. The fraction of sp³-hybridized carbons (Fsp3) is 0.909. The zero-order valence-corrected chi connectivity index (χ0v) is 15.8. The standard InChI is InChI=1S/C22H36O2/c1-14(23)18-5-4-6-19-17-8-7-15-13-16(24)9-11-21(15,2)20(17)10-12-22(18,19)3/h7,14,16-20,23-24H,4-6,8-13H2,1-3H3. The van der Waals surface area contributed by atoms with Crippen molar-refractivity contribution in [1.82, 2.24) is 0 Å². The van der Waals surface area contributed by atoms with Crippen molar-refractivity contribution in [2.75, 3.05) is 0 Å². The van der Waals surface area contributed by atoms with Gasteiger partial charge in [0.25, 0.3) is 0 Å². The third-order valence-electron chi connectivity index (χ3n) is 8.98. The molecule has 0 heterocycles. The van der Waals surface area contributed by atoms with Crippen LogP contribution in [0.25, 0.3) is 0 Å². The second kappa shape index (κ2) is 5.84. The first-order valence-electron chi connectivity index (χ1n) is 10.4. The van der Waals surface area contributed by atoms with Crippen molar-refractivity contribution in [2.45, 2.75) is 90.8 Å². The Morgan fingerprint density at radius 3 is 2.62 bits per heavy atom. The lowest BCUT2D eigenvalue weighted by Crippen LogP contribution is -2.55. The number of hydrogen-bond donors (Lipinski definition) is 2. The van der Waals surface area contributed by atoms with Gasteiger partial charge in [-0.1, -0.05) is 31.9 Å². The zero-order chi connectivity index (χ0) is 17.1. The number of aliphatic hydroxyl groups excluding tert-OH is 2. The zero-order valence-electron chi connectivity index (χ0n) is 15.8. The molecule has 4 aliphatic carbocycles. The second-order valence-electron chi connectivity index (χ2n) is 9.98. The number of allylic oxidation sites excluding steroid dienone is 1. The van der Waals surface area contributed by atoms with Crippen LogP contribution in [0.3, 0.4) is 0 Å². The first-order chi connectivity index (χ1) is 11.4. The molecule has 0 radical (unpaired) electrons. The fourth-order valence-corrected chi connectivity index (χ4v) is 7.67. The molecule has 24 heavy (non-hydrogen) atoms. The van der Waals surface area contributed by atoms with Crippen LogP contribution in [0.5, 0.6) is 0 Å². The molecular weight excluding hydrogens is 296 g/mol. The van der Waals surface area contributed by atoms with Gasteiger partial charge in [-0.3, -0.25) is 0 Å². The summed E-state index contributed by atoms with van der Waals surface area (Å²) in [6.45, 7) is 7.02. The fourth-order valence-electron chi connectivity index (χ4n) is 7.67. The molecule has 8 unspecified atom stereocenters. The molecule has 2 heteroatoms. The van der Waals surface area contributed by atoms with Gasteiger partial charge in [0, 0.05) is 0 Å². The summed E-state index contributed by atoms with van der Waals surface area (Å²) in [6, 6.07) is 0. The van der Waals surface area contributed by atoms with Gasteiger partial charge in [-0.25, -0.2) is 0 Å². The quantitative estimate of drug-likeness (QED) is 0.683. The highest BCUT2D eigenvalue weighted by Gasteiger charge is 2.57. The van der Waals surface area contributed by atoms with Crippen LogP contribution in [0.15, 0.2) is 11.6 Å². The van der Waals surface area contributed by atoms with Gasteiger partial charge in [-0.05, 0) is 92.8 Å². The molecular formula is C22H36O2. The number of rotatable bonds is 1. The van der Waals surface area contributed by atoms with E-state index in [1.807, 2.05) is 6.92 Å². The molecule has 0 saturated heterocycles. The summed E-state index contributed by atoms with van der Waals surface area (Å²) in [5.41, 5.74) is 2.24. The Balaban J connectivity index is 1.66. The van der Waals surface area contributed by atoms with Gasteiger partial charge in [0.1, 0.15) is 0 Å². The van der Waals surface area contributed by atoms with Crippen LogP contribution in [0.2, 0.25) is 0 Å². The summed E-state index contributed by atoms with van der Waals surface area (Å²) in [6.07, 6.45) is 13.0. The SMILES string of the molecule is CC(O)C1CCCC2C3CC=C4CC(O)CCC4(C)C3CCC12C. The number of aliphatic hydroxyl groups is 2. The van der Waals surface area contributed by atoms with Crippen LogP contribution in [0.1, 0.15) is 78.6 Å². The molecule has 8 atom stereocenters. The van der Waals surface area contributed by atoms with Crippen molar-refractivity contribution >= 4 is 0 Å². The number of hydrogen-bond acceptors (Lipinski definition) is 2. The molecule has 136 valence electrons. The van der Waals surface area contributed by atoms with E-state index in [1.165, 1.54) is 44.9 Å². The third-order valence-corrected chi connectivity index (χ3v) is 8.98. The Morgan fingerprint density at radius 1 is 1.08 bits per heavy atom. The highest BCUT2D eigenvalue weighted by Crippen LogP contribution is 2.65. The summed E-state index contributed by atoms with van der Waals surface area (Å²) < 4.78 is 0. The molecule has 0 aromatic rings. The van der Waals surface area contributed by atoms with Gasteiger partial charge in [0.05, 0.1) is 12.2 Å². The van der Waals surface area contributed by atoms with Crippen molar-refractivity contribution in [3.8, 4) is 0 Å². The summed E-state index contributed by atoms with van der Waals surface area (Å²) >= 11 is 0. The molecule has 0 bridgehead atoms. The van der Waals surface area contributed by atoms with E-state index in [2.05, 4.69) is 19.9 Å². The third kappa shape index (κ3) is 2.35. The molecule has 2 nitrogen and oxygen atoms in total. The van der Waals surface area contributed by atoms with Gasteiger partial charge < -0.3 is 10.2 Å². The Bertz CT molecular complexity index is 524. The number of fused-ring (bicyclic) bond motifs is 5. The van der Waals surface area contributed by atoms with E-state index in [1.54, 1.807) is 5.57 Å². The predicted molar refractivity (Wildman–Crippen MR) is 97.5 cm³/mol. The van der Waals surface area contributed by atoms with Crippen LogP contribution in [0, 0.1) is 34.5 Å². The van der Waals surface area contributed by atoms with Crippen molar-refractivity contribution < 1.29 is 10.2 Å². The molecule has 2 N–H and O–H groups in total. The van der Waals surface area contributed by atoms with Crippen LogP contribution < -0.4 is 0 Å². The molecule has 0 amide bonds. The molecule has 0 aromatic heterocycles. The van der Waals surface area contributed by atoms with Crippen LogP contribution >= 0.6 is 0 Å². The maximum absolute atomic E-state index is 10.4. The van der Waals surface area contributed by atoms with Crippen LogP contribution in [0.4, 0.5) is 0 Å². The van der Waals surface area contributed by atoms with Crippen molar-refractivity contribution in [1.29, 1.82) is 0 Å². The van der Waals surface area contributed by atoms with E-state index < -0.39 is 0 Å². The lowest BCUT2D eigenvalue weighted by molar-refractivity contribution is -0.121. The van der Waals surface area contributed by atoms with Gasteiger partial charge in [-0.2, -0.15) is 0 Å². The summed E-state index contributed by atoms with van der Waals surface area (Å²) in [5, 5.41) is 20.5. The van der Waals surface area contributed by atoms with Gasteiger partial charge in [0.15, 0.2) is 0 Å². The minimum Gasteiger partial charge on any atom is -0.393 e. The van der Waals surface area contributed by atoms with Crippen LogP contribution in [-0.4, -0.2) is 22.4 Å². The van der Waals surface area contributed by atoms with E-state index >= 15 is 0 Å². The topological polar surface area (TPSA) is 40.5 Å². The van der Waals surface area contributed by atoms with E-state index in [4.69, 9.17) is 0 Å². The summed E-state index contributed by atoms with van der Waals surface area (Å²) in [4.78, 5) is 0. The maximum Gasteiger partial charge on any atom is 0.0577 e. The molecule has 0 aliphatic heterocycles. The first kappa shape index (κ1) is 17.1. The van der Waals surface area contributed by atoms with Gasteiger partial charge >= 0.3 is 0 Å². The molecule has 3 fully saturated rings. The normalized spacial score (nSPS) is 52.5. The monoisotopic (exact) mass is 332 g/mol. The Kier molecular flexibility index (Phi) is 4.16. The predicted octanol–water partition coefficient (Wildman–Crippen LogP) is 4.70. The van der Waals surface area contributed by atoms with E-state index in [9.17, 15) is 10.2 Å². The van der Waals surface area contributed by atoms with Crippen molar-refractivity contribution in [3.05, 3.63) is 11.6 Å². The molecule has 4 rings (SSSR count). The average Bonchev–Trinajstić information content (AvgIpc) is 2.54. The van der Waals surface area contributed by atoms with Crippen molar-refractivity contribution in [2.24, 2.45) is 34.5 Å². The molecule has 0 spiro atoms. The Morgan fingerprint density at radius 2 is 1.88 bits per heavy atom.